The Labute approximate surface area is 160 Å². The first-order valence-electron chi connectivity index (χ1n) is 8.64. The molecule has 2 N–H and O–H groups in total. The number of aromatic nitrogens is 2. The molecule has 1 aromatic heterocycles. The molecule has 26 heavy (non-hydrogen) atoms. The largest absolute Gasteiger partial charge is 0.309 e. The van der Waals surface area contributed by atoms with Gasteiger partial charge in [0.15, 0.2) is 5.82 Å². The zero-order valence-electron chi connectivity index (χ0n) is 14.0. The molecule has 4 rings (SSSR count). The van der Waals surface area contributed by atoms with Gasteiger partial charge in [-0.1, -0.05) is 18.6 Å². The number of nitrogens with one attached hydrogen (secondary N) is 2. The molecule has 0 amide bonds. The van der Waals surface area contributed by atoms with Crippen molar-refractivity contribution in [2.75, 3.05) is 6.54 Å². The van der Waals surface area contributed by atoms with Crippen molar-refractivity contribution in [3.05, 3.63) is 57.0 Å². The smallest absolute Gasteiger partial charge is 0.274 e. The Morgan fingerprint density at radius 1 is 1.31 bits per heavy atom. The Kier molecular flexibility index (Phi) is 4.58. The van der Waals surface area contributed by atoms with Gasteiger partial charge in [-0.05, 0) is 46.9 Å². The molecule has 3 heterocycles. The van der Waals surface area contributed by atoms with E-state index in [2.05, 4.69) is 42.4 Å². The summed E-state index contributed by atoms with van der Waals surface area (Å²) in [5.74, 6) is 0.506. The van der Waals surface area contributed by atoms with Gasteiger partial charge in [-0.3, -0.25) is 5.10 Å². The van der Waals surface area contributed by atoms with Crippen molar-refractivity contribution >= 4 is 27.5 Å². The van der Waals surface area contributed by atoms with Crippen molar-refractivity contribution in [3.63, 3.8) is 0 Å². The molecule has 0 spiro atoms. The highest BCUT2D eigenvalue weighted by Crippen LogP contribution is 2.43. The molecule has 1 saturated heterocycles. The molecule has 130 valence electrons. The van der Waals surface area contributed by atoms with Crippen LogP contribution < -0.4 is 5.32 Å². The lowest BCUT2D eigenvalue weighted by Crippen LogP contribution is -2.47. The summed E-state index contributed by atoms with van der Waals surface area (Å²) in [6.45, 7) is 8.84. The quantitative estimate of drug-likeness (QED) is 0.743. The van der Waals surface area contributed by atoms with E-state index < -0.39 is 6.04 Å². The normalized spacial score (nSPS) is 24.9. The van der Waals surface area contributed by atoms with E-state index in [9.17, 15) is 5.26 Å². The third-order valence-electron chi connectivity index (χ3n) is 5.13. The maximum absolute atomic E-state index is 9.38. The van der Waals surface area contributed by atoms with Crippen molar-refractivity contribution in [1.29, 1.82) is 5.26 Å². The van der Waals surface area contributed by atoms with E-state index in [1.54, 1.807) is 12.3 Å². The Morgan fingerprint density at radius 2 is 2.19 bits per heavy atom. The highest BCUT2D eigenvalue weighted by atomic mass is 79.9. The van der Waals surface area contributed by atoms with Crippen LogP contribution in [0.25, 0.3) is 4.85 Å². The van der Waals surface area contributed by atoms with Crippen LogP contribution in [0.1, 0.15) is 41.9 Å². The van der Waals surface area contributed by atoms with E-state index in [0.29, 0.717) is 11.4 Å². The minimum atomic E-state index is -0.416. The zero-order chi connectivity index (χ0) is 18.1. The second kappa shape index (κ2) is 7.03. The van der Waals surface area contributed by atoms with Gasteiger partial charge in [0.25, 0.3) is 6.04 Å². The first-order chi connectivity index (χ1) is 12.7. The number of piperidine rings is 1. The van der Waals surface area contributed by atoms with Crippen LogP contribution in [-0.4, -0.2) is 34.5 Å². The van der Waals surface area contributed by atoms with Crippen LogP contribution in [0.4, 0.5) is 5.82 Å². The Hall–Kier alpha value is -2.48. The fourth-order valence-corrected chi connectivity index (χ4v) is 4.48. The van der Waals surface area contributed by atoms with Gasteiger partial charge in [-0.2, -0.15) is 10.4 Å². The molecule has 0 aliphatic carbocycles. The number of rotatable bonds is 2. The Morgan fingerprint density at radius 3 is 2.92 bits per heavy atom. The lowest BCUT2D eigenvalue weighted by molar-refractivity contribution is 0.464. The maximum Gasteiger partial charge on any atom is 0.274 e. The summed E-state index contributed by atoms with van der Waals surface area (Å²) < 4.78 is 0.742. The number of H-pyrrole nitrogens is 1. The third kappa shape index (κ3) is 2.74. The molecule has 0 radical (unpaired) electrons. The van der Waals surface area contributed by atoms with Crippen LogP contribution in [0.2, 0.25) is 0 Å². The lowest BCUT2D eigenvalue weighted by Gasteiger charge is -2.31. The topological polar surface area (TPSA) is 81.2 Å². The fourth-order valence-electron chi connectivity index (χ4n) is 3.88. The molecule has 6 nitrogen and oxygen atoms in total. The van der Waals surface area contributed by atoms with Gasteiger partial charge in [0.2, 0.25) is 0 Å². The monoisotopic (exact) mass is 408 g/mol. The number of nitriles is 1. The molecule has 1 aromatic carbocycles. The number of nitrogens with zero attached hydrogens (tertiary/aromatic N) is 4. The summed E-state index contributed by atoms with van der Waals surface area (Å²) in [6, 6.07) is 7.52. The SMILES string of the molecule is [C-]#[N+]C1C(C2CCCCN2)=Nc2[nH]ncc2C1c1cccc(C#N)c1Br. The predicted molar refractivity (Wildman–Crippen MR) is 102 cm³/mol. The molecular formula is C19H17BrN6. The second-order valence-corrected chi connectivity index (χ2v) is 7.38. The van der Waals surface area contributed by atoms with E-state index in [0.717, 1.165) is 47.1 Å². The van der Waals surface area contributed by atoms with Crippen molar-refractivity contribution in [2.45, 2.75) is 37.3 Å². The molecule has 1 fully saturated rings. The standard InChI is InChI=1S/C19H17BrN6/c1-22-18-15(12-6-4-5-11(9-21)16(12)20)13-10-24-26-19(13)25-17(18)14-7-2-3-8-23-14/h4-6,10,14-15,18,23H,2-3,7-8H2,(H,24,26). The zero-order valence-corrected chi connectivity index (χ0v) is 15.6. The summed E-state index contributed by atoms with van der Waals surface area (Å²) in [5.41, 5.74) is 3.27. The Balaban J connectivity index is 1.86. The molecule has 7 heteroatoms. The summed E-state index contributed by atoms with van der Waals surface area (Å²) >= 11 is 3.58. The predicted octanol–water partition coefficient (Wildman–Crippen LogP) is 3.69. The average Bonchev–Trinajstić information content (AvgIpc) is 3.16. The summed E-state index contributed by atoms with van der Waals surface area (Å²) in [5, 5.41) is 20.0. The summed E-state index contributed by atoms with van der Waals surface area (Å²) in [6.07, 6.45) is 5.02. The molecule has 0 bridgehead atoms. The van der Waals surface area contributed by atoms with Crippen molar-refractivity contribution in [2.24, 2.45) is 4.99 Å². The molecule has 2 aliphatic rings. The van der Waals surface area contributed by atoms with Crippen LogP contribution >= 0.6 is 15.9 Å². The molecule has 3 unspecified atom stereocenters. The second-order valence-electron chi connectivity index (χ2n) is 6.59. The van der Waals surface area contributed by atoms with Gasteiger partial charge in [-0.15, -0.1) is 0 Å². The fraction of sp³-hybridized carbons (Fsp3) is 0.368. The minimum absolute atomic E-state index is 0.111. The van der Waals surface area contributed by atoms with Crippen molar-refractivity contribution in [1.82, 2.24) is 15.5 Å². The van der Waals surface area contributed by atoms with Crippen LogP contribution in [0.3, 0.4) is 0 Å². The van der Waals surface area contributed by atoms with E-state index >= 15 is 0 Å². The van der Waals surface area contributed by atoms with Crippen LogP contribution in [0.15, 0.2) is 33.9 Å². The van der Waals surface area contributed by atoms with Crippen molar-refractivity contribution < 1.29 is 0 Å². The van der Waals surface area contributed by atoms with Gasteiger partial charge in [-0.25, -0.2) is 11.6 Å². The number of aromatic amines is 1. The third-order valence-corrected chi connectivity index (χ3v) is 6.02. The molecule has 2 aromatic rings. The lowest BCUT2D eigenvalue weighted by atomic mass is 9.79. The summed E-state index contributed by atoms with van der Waals surface area (Å²) in [7, 11) is 0. The minimum Gasteiger partial charge on any atom is -0.309 e. The first kappa shape index (κ1) is 17.0. The van der Waals surface area contributed by atoms with Crippen LogP contribution in [-0.2, 0) is 0 Å². The number of hydrogen-bond donors (Lipinski definition) is 2. The van der Waals surface area contributed by atoms with Gasteiger partial charge >= 0.3 is 0 Å². The van der Waals surface area contributed by atoms with Gasteiger partial charge < -0.3 is 10.2 Å². The number of halogens is 1. The van der Waals surface area contributed by atoms with Crippen LogP contribution in [0, 0.1) is 17.9 Å². The van der Waals surface area contributed by atoms with Crippen molar-refractivity contribution in [3.8, 4) is 6.07 Å². The molecular weight excluding hydrogens is 392 g/mol. The van der Waals surface area contributed by atoms with E-state index in [1.165, 1.54) is 0 Å². The van der Waals surface area contributed by atoms with E-state index in [4.69, 9.17) is 11.6 Å². The van der Waals surface area contributed by atoms with Crippen LogP contribution in [0.5, 0.6) is 0 Å². The molecule has 3 atom stereocenters. The molecule has 2 aliphatic heterocycles. The highest BCUT2D eigenvalue weighted by molar-refractivity contribution is 9.10. The summed E-state index contributed by atoms with van der Waals surface area (Å²) in [4.78, 5) is 8.74. The molecule has 0 saturated carbocycles. The highest BCUT2D eigenvalue weighted by Gasteiger charge is 2.44. The first-order valence-corrected chi connectivity index (χ1v) is 9.44. The van der Waals surface area contributed by atoms with Gasteiger partial charge in [0.05, 0.1) is 23.7 Å². The maximum atomic E-state index is 9.38. The average molecular weight is 409 g/mol. The number of fused-ring (bicyclic) bond motifs is 1. The van der Waals surface area contributed by atoms with Gasteiger partial charge in [0.1, 0.15) is 11.8 Å². The van der Waals surface area contributed by atoms with E-state index in [-0.39, 0.29) is 12.0 Å². The van der Waals surface area contributed by atoms with E-state index in [1.807, 2.05) is 12.1 Å². The van der Waals surface area contributed by atoms with Gasteiger partial charge in [0, 0.05) is 10.0 Å². The number of aliphatic imine (C=N–C) groups is 1. The number of benzene rings is 1. The number of hydrogen-bond acceptors (Lipinski definition) is 4. The Bertz CT molecular complexity index is 942.